The van der Waals surface area contributed by atoms with Crippen molar-refractivity contribution in [1.29, 1.82) is 0 Å². The Morgan fingerprint density at radius 2 is 1.80 bits per heavy atom. The Hall–Kier alpha value is -1.55. The van der Waals surface area contributed by atoms with Crippen LogP contribution >= 0.6 is 11.6 Å². The number of benzene rings is 1. The van der Waals surface area contributed by atoms with E-state index in [4.69, 9.17) is 11.6 Å². The number of urea groups is 1. The van der Waals surface area contributed by atoms with Gasteiger partial charge in [-0.2, -0.15) is 0 Å². The number of hydrogen-bond donors (Lipinski definition) is 1. The van der Waals surface area contributed by atoms with Crippen molar-refractivity contribution in [2.75, 3.05) is 11.9 Å². The lowest BCUT2D eigenvalue weighted by atomic mass is 10.3. The van der Waals surface area contributed by atoms with Gasteiger partial charge in [0.15, 0.2) is 0 Å². The second-order valence-electron chi connectivity index (χ2n) is 2.89. The first-order valence-electron chi connectivity index (χ1n) is 4.34. The van der Waals surface area contributed by atoms with Crippen LogP contribution in [-0.4, -0.2) is 19.0 Å². The van der Waals surface area contributed by atoms with Gasteiger partial charge in [-0.25, -0.2) is 9.69 Å². The third-order valence-electron chi connectivity index (χ3n) is 1.82. The average Bonchev–Trinajstić information content (AvgIpc) is 2.20. The maximum atomic E-state index is 11.4. The van der Waals surface area contributed by atoms with Gasteiger partial charge in [0.2, 0.25) is 5.91 Å². The molecule has 0 saturated heterocycles. The molecule has 0 saturated carbocycles. The number of imide groups is 1. The van der Waals surface area contributed by atoms with Gasteiger partial charge in [-0.15, -0.1) is 0 Å². The molecule has 0 unspecified atom stereocenters. The fourth-order valence-corrected chi connectivity index (χ4v) is 1.27. The molecule has 0 aliphatic heterocycles. The first kappa shape index (κ1) is 11.5. The van der Waals surface area contributed by atoms with Gasteiger partial charge in [-0.3, -0.25) is 4.79 Å². The summed E-state index contributed by atoms with van der Waals surface area (Å²) in [7, 11) is 1.47. The van der Waals surface area contributed by atoms with Crippen LogP contribution in [-0.2, 0) is 4.79 Å². The molecule has 0 fully saturated rings. The van der Waals surface area contributed by atoms with Crippen molar-refractivity contribution in [2.45, 2.75) is 6.92 Å². The van der Waals surface area contributed by atoms with Crippen molar-refractivity contribution in [3.63, 3.8) is 0 Å². The van der Waals surface area contributed by atoms with E-state index in [0.717, 1.165) is 4.90 Å². The predicted octanol–water partition coefficient (Wildman–Crippen LogP) is 2.03. The van der Waals surface area contributed by atoms with E-state index >= 15 is 0 Å². The molecule has 0 atom stereocenters. The molecule has 1 aromatic carbocycles. The van der Waals surface area contributed by atoms with Crippen LogP contribution in [0.5, 0.6) is 0 Å². The molecule has 0 aromatic heterocycles. The number of nitrogens with one attached hydrogen (secondary N) is 1. The van der Waals surface area contributed by atoms with E-state index < -0.39 is 6.03 Å². The Kier molecular flexibility index (Phi) is 3.68. The molecule has 4 nitrogen and oxygen atoms in total. The maximum absolute atomic E-state index is 11.4. The van der Waals surface area contributed by atoms with Gasteiger partial charge >= 0.3 is 6.03 Å². The van der Waals surface area contributed by atoms with Crippen molar-refractivity contribution >= 4 is 29.2 Å². The van der Waals surface area contributed by atoms with E-state index in [2.05, 4.69) is 5.32 Å². The molecule has 1 rings (SSSR count). The van der Waals surface area contributed by atoms with Gasteiger partial charge in [-0.1, -0.05) is 11.6 Å². The highest BCUT2D eigenvalue weighted by atomic mass is 35.5. The van der Waals surface area contributed by atoms with Gasteiger partial charge in [-0.05, 0) is 24.3 Å². The molecule has 1 aromatic rings. The van der Waals surface area contributed by atoms with Crippen molar-refractivity contribution in [3.05, 3.63) is 29.3 Å². The van der Waals surface area contributed by atoms with Crippen LogP contribution in [0, 0.1) is 0 Å². The standard InChI is InChI=1S/C10H11ClN2O2/c1-7(14)13(10(15)12-2)9-5-3-8(11)4-6-9/h3-6H,1-2H3,(H,12,15). The summed E-state index contributed by atoms with van der Waals surface area (Å²) in [6.07, 6.45) is 0. The fourth-order valence-electron chi connectivity index (χ4n) is 1.14. The summed E-state index contributed by atoms with van der Waals surface area (Å²) in [6.45, 7) is 1.32. The van der Waals surface area contributed by atoms with E-state index in [9.17, 15) is 9.59 Å². The second kappa shape index (κ2) is 4.79. The summed E-state index contributed by atoms with van der Waals surface area (Å²) in [6, 6.07) is 5.99. The number of carbonyl (C=O) groups excluding carboxylic acids is 2. The quantitative estimate of drug-likeness (QED) is 0.797. The smallest absolute Gasteiger partial charge is 0.328 e. The highest BCUT2D eigenvalue weighted by Gasteiger charge is 2.18. The van der Waals surface area contributed by atoms with E-state index in [0.29, 0.717) is 10.7 Å². The van der Waals surface area contributed by atoms with E-state index in [-0.39, 0.29) is 5.91 Å². The Balaban J connectivity index is 3.04. The molecular formula is C10H11ClN2O2. The van der Waals surface area contributed by atoms with Gasteiger partial charge in [0, 0.05) is 19.0 Å². The lowest BCUT2D eigenvalue weighted by molar-refractivity contribution is -0.115. The normalized spacial score (nSPS) is 9.53. The lowest BCUT2D eigenvalue weighted by Gasteiger charge is -2.18. The van der Waals surface area contributed by atoms with Crippen LogP contribution in [0.3, 0.4) is 0 Å². The minimum atomic E-state index is -0.468. The number of hydrogen-bond acceptors (Lipinski definition) is 2. The molecule has 5 heteroatoms. The summed E-state index contributed by atoms with van der Waals surface area (Å²) in [5.74, 6) is -0.350. The number of anilines is 1. The van der Waals surface area contributed by atoms with Gasteiger partial charge in [0.25, 0.3) is 0 Å². The molecule has 15 heavy (non-hydrogen) atoms. The van der Waals surface area contributed by atoms with Crippen molar-refractivity contribution in [3.8, 4) is 0 Å². The summed E-state index contributed by atoms with van der Waals surface area (Å²) in [5, 5.41) is 2.95. The number of nitrogens with zero attached hydrogens (tertiary/aromatic N) is 1. The Morgan fingerprint density at radius 3 is 2.20 bits per heavy atom. The van der Waals surface area contributed by atoms with Crippen LogP contribution < -0.4 is 10.2 Å². The molecule has 0 aliphatic carbocycles. The highest BCUT2D eigenvalue weighted by molar-refractivity contribution is 6.30. The zero-order valence-electron chi connectivity index (χ0n) is 8.45. The highest BCUT2D eigenvalue weighted by Crippen LogP contribution is 2.18. The van der Waals surface area contributed by atoms with Crippen LogP contribution in [0.1, 0.15) is 6.92 Å². The molecule has 0 bridgehead atoms. The van der Waals surface area contributed by atoms with E-state index in [1.54, 1.807) is 24.3 Å². The van der Waals surface area contributed by atoms with Crippen molar-refractivity contribution in [2.24, 2.45) is 0 Å². The molecule has 0 aliphatic rings. The second-order valence-corrected chi connectivity index (χ2v) is 3.32. The molecule has 3 amide bonds. The van der Waals surface area contributed by atoms with Gasteiger partial charge in [0.05, 0.1) is 5.69 Å². The molecule has 1 N–H and O–H groups in total. The van der Waals surface area contributed by atoms with Crippen LogP contribution in [0.25, 0.3) is 0 Å². The third kappa shape index (κ3) is 2.70. The third-order valence-corrected chi connectivity index (χ3v) is 2.07. The summed E-state index contributed by atoms with van der Waals surface area (Å²) >= 11 is 5.71. The van der Waals surface area contributed by atoms with Gasteiger partial charge in [0.1, 0.15) is 0 Å². The van der Waals surface area contributed by atoms with E-state index in [1.807, 2.05) is 0 Å². The van der Waals surface area contributed by atoms with Crippen molar-refractivity contribution in [1.82, 2.24) is 5.32 Å². The Labute approximate surface area is 92.8 Å². The fraction of sp³-hybridized carbons (Fsp3) is 0.200. The molecule has 0 heterocycles. The number of halogens is 1. The first-order valence-corrected chi connectivity index (χ1v) is 4.72. The van der Waals surface area contributed by atoms with E-state index in [1.165, 1.54) is 14.0 Å². The predicted molar refractivity (Wildman–Crippen MR) is 59.1 cm³/mol. The molecule has 0 radical (unpaired) electrons. The molecular weight excluding hydrogens is 216 g/mol. The monoisotopic (exact) mass is 226 g/mol. The maximum Gasteiger partial charge on any atom is 0.328 e. The van der Waals surface area contributed by atoms with Crippen LogP contribution in [0.4, 0.5) is 10.5 Å². The van der Waals surface area contributed by atoms with Crippen molar-refractivity contribution < 1.29 is 9.59 Å². The summed E-state index contributed by atoms with van der Waals surface area (Å²) in [5.41, 5.74) is 0.492. The minimum Gasteiger partial charge on any atom is -0.340 e. The average molecular weight is 227 g/mol. The zero-order chi connectivity index (χ0) is 11.4. The number of amides is 3. The zero-order valence-corrected chi connectivity index (χ0v) is 9.21. The van der Waals surface area contributed by atoms with Crippen LogP contribution in [0.15, 0.2) is 24.3 Å². The summed E-state index contributed by atoms with van der Waals surface area (Å²) < 4.78 is 0. The Bertz CT molecular complexity index is 376. The lowest BCUT2D eigenvalue weighted by Crippen LogP contribution is -2.41. The SMILES string of the molecule is CNC(=O)N(C(C)=O)c1ccc(Cl)cc1. The largest absolute Gasteiger partial charge is 0.340 e. The Morgan fingerprint density at radius 1 is 1.27 bits per heavy atom. The minimum absolute atomic E-state index is 0.350. The number of carbonyl (C=O) groups is 2. The van der Waals surface area contributed by atoms with Gasteiger partial charge < -0.3 is 5.32 Å². The first-order chi connectivity index (χ1) is 7.06. The molecule has 0 spiro atoms. The topological polar surface area (TPSA) is 49.4 Å². The summed E-state index contributed by atoms with van der Waals surface area (Å²) in [4.78, 5) is 23.7. The molecule has 80 valence electrons. The number of rotatable bonds is 1. The van der Waals surface area contributed by atoms with Crippen LogP contribution in [0.2, 0.25) is 5.02 Å².